The molecule has 0 aliphatic rings. The highest BCUT2D eigenvalue weighted by atomic mass is 16.5. The van der Waals surface area contributed by atoms with Gasteiger partial charge >= 0.3 is 0 Å². The molecule has 0 bridgehead atoms. The topological polar surface area (TPSA) is 117 Å². The van der Waals surface area contributed by atoms with Crippen LogP contribution >= 0.6 is 0 Å². The molecule has 3 aromatic rings. The van der Waals surface area contributed by atoms with Gasteiger partial charge < -0.3 is 20.5 Å². The van der Waals surface area contributed by atoms with E-state index in [-0.39, 0.29) is 17.3 Å². The molecular weight excluding hydrogens is 320 g/mol. The average Bonchev–Trinajstić information content (AvgIpc) is 3.07. The SMILES string of the molecule is Cc1ccc(-c2cc(C(N)=NN=Cc3ccc(O)cc3O)no2)cc1. The van der Waals surface area contributed by atoms with Gasteiger partial charge in [0.15, 0.2) is 17.3 Å². The molecule has 0 saturated carbocycles. The maximum absolute atomic E-state index is 9.66. The number of phenolic OH excluding ortho intramolecular Hbond substituents is 2. The summed E-state index contributed by atoms with van der Waals surface area (Å²) >= 11 is 0. The van der Waals surface area contributed by atoms with Crippen molar-refractivity contribution in [2.75, 3.05) is 0 Å². The lowest BCUT2D eigenvalue weighted by molar-refractivity contribution is 0.430. The van der Waals surface area contributed by atoms with Crippen molar-refractivity contribution in [3.05, 3.63) is 65.4 Å². The fourth-order valence-electron chi connectivity index (χ4n) is 2.10. The Kier molecular flexibility index (Phi) is 4.47. The summed E-state index contributed by atoms with van der Waals surface area (Å²) in [6.07, 6.45) is 1.32. The summed E-state index contributed by atoms with van der Waals surface area (Å²) < 4.78 is 5.28. The highest BCUT2D eigenvalue weighted by molar-refractivity contribution is 5.96. The second kappa shape index (κ2) is 6.88. The summed E-state index contributed by atoms with van der Waals surface area (Å²) in [6.45, 7) is 2.00. The van der Waals surface area contributed by atoms with E-state index in [2.05, 4.69) is 15.4 Å². The van der Waals surface area contributed by atoms with Crippen molar-refractivity contribution in [1.82, 2.24) is 5.16 Å². The molecule has 0 radical (unpaired) electrons. The first-order valence-electron chi connectivity index (χ1n) is 7.45. The molecule has 0 saturated heterocycles. The van der Waals surface area contributed by atoms with Crippen LogP contribution in [0.15, 0.2) is 63.3 Å². The number of aryl methyl sites for hydroxylation is 1. The monoisotopic (exact) mass is 336 g/mol. The zero-order chi connectivity index (χ0) is 17.8. The molecule has 126 valence electrons. The van der Waals surface area contributed by atoms with Gasteiger partial charge in [-0.05, 0) is 19.1 Å². The van der Waals surface area contributed by atoms with Crippen molar-refractivity contribution in [1.29, 1.82) is 0 Å². The van der Waals surface area contributed by atoms with Gasteiger partial charge in [0.1, 0.15) is 11.5 Å². The van der Waals surface area contributed by atoms with Crippen LogP contribution in [0, 0.1) is 6.92 Å². The minimum atomic E-state index is -0.111. The maximum atomic E-state index is 9.66. The number of phenols is 2. The number of nitrogens with two attached hydrogens (primary N) is 1. The standard InChI is InChI=1S/C18H16N4O3/c1-11-2-4-12(5-3-11)17-9-15(22-25-17)18(19)21-20-10-13-6-7-14(23)8-16(13)24/h2-10,23-24H,1H3,(H2,19,21). The fraction of sp³-hybridized carbons (Fsp3) is 0.0556. The fourth-order valence-corrected chi connectivity index (χ4v) is 2.10. The summed E-state index contributed by atoms with van der Waals surface area (Å²) in [7, 11) is 0. The Morgan fingerprint density at radius 1 is 1.12 bits per heavy atom. The zero-order valence-electron chi connectivity index (χ0n) is 13.4. The number of hydrogen-bond acceptors (Lipinski definition) is 6. The smallest absolute Gasteiger partial charge is 0.175 e. The highest BCUT2D eigenvalue weighted by Crippen LogP contribution is 2.22. The first kappa shape index (κ1) is 16.3. The summed E-state index contributed by atoms with van der Waals surface area (Å²) in [6, 6.07) is 13.6. The van der Waals surface area contributed by atoms with Gasteiger partial charge in [0.25, 0.3) is 0 Å². The van der Waals surface area contributed by atoms with Crippen molar-refractivity contribution < 1.29 is 14.7 Å². The predicted octanol–water partition coefficient (Wildman–Crippen LogP) is 2.80. The molecule has 1 heterocycles. The van der Waals surface area contributed by atoms with Crippen LogP contribution < -0.4 is 5.73 Å². The van der Waals surface area contributed by atoms with Crippen LogP contribution in [0.2, 0.25) is 0 Å². The van der Waals surface area contributed by atoms with Gasteiger partial charge in [-0.2, -0.15) is 5.10 Å². The van der Waals surface area contributed by atoms with Crippen molar-refractivity contribution in [2.24, 2.45) is 15.9 Å². The lowest BCUT2D eigenvalue weighted by atomic mass is 10.1. The molecule has 3 rings (SSSR count). The Balaban J connectivity index is 1.76. The van der Waals surface area contributed by atoms with Gasteiger partial charge in [0.05, 0.1) is 6.21 Å². The number of hydrogen-bond donors (Lipinski definition) is 3. The van der Waals surface area contributed by atoms with Crippen molar-refractivity contribution in [3.63, 3.8) is 0 Å². The molecule has 4 N–H and O–H groups in total. The second-order valence-corrected chi connectivity index (χ2v) is 5.42. The third-order valence-corrected chi connectivity index (χ3v) is 3.48. The average molecular weight is 336 g/mol. The molecule has 0 aliphatic heterocycles. The van der Waals surface area contributed by atoms with E-state index < -0.39 is 0 Å². The van der Waals surface area contributed by atoms with Gasteiger partial charge in [0, 0.05) is 23.3 Å². The molecule has 25 heavy (non-hydrogen) atoms. The largest absolute Gasteiger partial charge is 0.508 e. The van der Waals surface area contributed by atoms with E-state index in [4.69, 9.17) is 10.3 Å². The Morgan fingerprint density at radius 2 is 1.88 bits per heavy atom. The van der Waals surface area contributed by atoms with Crippen LogP contribution in [0.3, 0.4) is 0 Å². The summed E-state index contributed by atoms with van der Waals surface area (Å²) in [5, 5.41) is 30.4. The molecule has 0 unspecified atom stereocenters. The Labute approximate surface area is 143 Å². The van der Waals surface area contributed by atoms with Gasteiger partial charge in [-0.3, -0.25) is 0 Å². The van der Waals surface area contributed by atoms with Crippen LogP contribution in [0.4, 0.5) is 0 Å². The van der Waals surface area contributed by atoms with Crippen LogP contribution in [0.1, 0.15) is 16.8 Å². The van der Waals surface area contributed by atoms with Gasteiger partial charge in [-0.1, -0.05) is 35.0 Å². The maximum Gasteiger partial charge on any atom is 0.175 e. The van der Waals surface area contributed by atoms with E-state index in [0.29, 0.717) is 17.0 Å². The number of amidine groups is 1. The summed E-state index contributed by atoms with van der Waals surface area (Å²) in [5.41, 5.74) is 8.64. The number of nitrogens with zero attached hydrogens (tertiary/aromatic N) is 3. The molecule has 0 atom stereocenters. The van der Waals surface area contributed by atoms with Crippen molar-refractivity contribution >= 4 is 12.1 Å². The lowest BCUT2D eigenvalue weighted by Gasteiger charge is -1.97. The first-order valence-corrected chi connectivity index (χ1v) is 7.45. The van der Waals surface area contributed by atoms with Gasteiger partial charge in [-0.15, -0.1) is 5.10 Å². The van der Waals surface area contributed by atoms with Crippen LogP contribution in [0.5, 0.6) is 11.5 Å². The van der Waals surface area contributed by atoms with E-state index >= 15 is 0 Å². The lowest BCUT2D eigenvalue weighted by Crippen LogP contribution is -2.12. The van der Waals surface area contributed by atoms with E-state index in [9.17, 15) is 10.2 Å². The molecule has 1 aromatic heterocycles. The molecule has 0 spiro atoms. The Morgan fingerprint density at radius 3 is 2.60 bits per heavy atom. The minimum Gasteiger partial charge on any atom is -0.508 e. The zero-order valence-corrected chi connectivity index (χ0v) is 13.4. The molecule has 0 amide bonds. The number of aromatic hydroxyl groups is 2. The third kappa shape index (κ3) is 3.84. The van der Waals surface area contributed by atoms with Crippen molar-refractivity contribution in [2.45, 2.75) is 6.92 Å². The minimum absolute atomic E-state index is 0.0381. The molecule has 7 heteroatoms. The normalized spacial score (nSPS) is 12.0. The quantitative estimate of drug-likeness (QED) is 0.385. The molecule has 0 aliphatic carbocycles. The second-order valence-electron chi connectivity index (χ2n) is 5.42. The van der Waals surface area contributed by atoms with Gasteiger partial charge in [-0.25, -0.2) is 0 Å². The van der Waals surface area contributed by atoms with Crippen LogP contribution in [-0.2, 0) is 0 Å². The molecular formula is C18H16N4O3. The third-order valence-electron chi connectivity index (χ3n) is 3.48. The van der Waals surface area contributed by atoms with E-state index in [1.165, 1.54) is 24.4 Å². The molecule has 0 fully saturated rings. The van der Waals surface area contributed by atoms with E-state index in [1.807, 2.05) is 31.2 Å². The highest BCUT2D eigenvalue weighted by Gasteiger charge is 2.09. The number of benzene rings is 2. The number of rotatable bonds is 4. The van der Waals surface area contributed by atoms with Gasteiger partial charge in [0.2, 0.25) is 0 Å². The van der Waals surface area contributed by atoms with Crippen LogP contribution in [0.25, 0.3) is 11.3 Å². The van der Waals surface area contributed by atoms with E-state index in [1.54, 1.807) is 6.07 Å². The number of aromatic nitrogens is 1. The Hall–Kier alpha value is -3.61. The van der Waals surface area contributed by atoms with Crippen molar-refractivity contribution in [3.8, 4) is 22.8 Å². The molecule has 7 nitrogen and oxygen atoms in total. The summed E-state index contributed by atoms with van der Waals surface area (Å²) in [4.78, 5) is 0. The summed E-state index contributed by atoms with van der Waals surface area (Å²) in [5.74, 6) is 0.509. The van der Waals surface area contributed by atoms with Crippen LogP contribution in [-0.4, -0.2) is 27.4 Å². The molecule has 2 aromatic carbocycles. The first-order chi connectivity index (χ1) is 12.0. The van der Waals surface area contributed by atoms with E-state index in [0.717, 1.165) is 11.1 Å². The Bertz CT molecular complexity index is 943. The predicted molar refractivity (Wildman–Crippen MR) is 94.8 cm³/mol.